The number of rotatable bonds is 5. The predicted molar refractivity (Wildman–Crippen MR) is 92.8 cm³/mol. The van der Waals surface area contributed by atoms with E-state index in [-0.39, 0.29) is 36.1 Å². The average molecular weight is 393 g/mol. The first kappa shape index (κ1) is 19.5. The second-order valence-electron chi connectivity index (χ2n) is 6.10. The predicted octanol–water partition coefficient (Wildman–Crippen LogP) is 4.77. The highest BCUT2D eigenvalue weighted by atomic mass is 19.4. The number of anilines is 1. The van der Waals surface area contributed by atoms with Crippen molar-refractivity contribution in [2.24, 2.45) is 0 Å². The number of alkyl halides is 3. The molecule has 0 aliphatic heterocycles. The molecule has 1 heterocycles. The first-order valence-corrected chi connectivity index (χ1v) is 8.28. The van der Waals surface area contributed by atoms with Gasteiger partial charge >= 0.3 is 6.18 Å². The molecule has 146 valence electrons. The number of aryl methyl sites for hydroxylation is 2. The molecule has 0 aliphatic carbocycles. The Morgan fingerprint density at radius 2 is 1.86 bits per heavy atom. The van der Waals surface area contributed by atoms with Crippen molar-refractivity contribution in [3.8, 4) is 11.4 Å². The standard InChI is InChI=1S/C19H15F4N3O2/c1-11-2-3-12(10-15(11)20)18-25-17(28-26-18)9-8-16(27)24-14-6-4-13(5-7-14)19(21,22)23/h2-7,10H,8-9H2,1H3,(H,24,27). The molecule has 0 atom stereocenters. The Hall–Kier alpha value is -3.23. The van der Waals surface area contributed by atoms with Gasteiger partial charge in [0.15, 0.2) is 0 Å². The molecule has 0 spiro atoms. The quantitative estimate of drug-likeness (QED) is 0.634. The van der Waals surface area contributed by atoms with Crippen LogP contribution in [-0.2, 0) is 17.4 Å². The van der Waals surface area contributed by atoms with E-state index in [2.05, 4.69) is 15.5 Å². The number of nitrogens with zero attached hydrogens (tertiary/aromatic N) is 2. The van der Waals surface area contributed by atoms with E-state index in [0.29, 0.717) is 11.1 Å². The normalized spacial score (nSPS) is 11.5. The summed E-state index contributed by atoms with van der Waals surface area (Å²) < 4.78 is 56.3. The van der Waals surface area contributed by atoms with E-state index < -0.39 is 17.6 Å². The van der Waals surface area contributed by atoms with Gasteiger partial charge in [-0.1, -0.05) is 17.3 Å². The number of hydrogen-bond acceptors (Lipinski definition) is 4. The second-order valence-corrected chi connectivity index (χ2v) is 6.10. The highest BCUT2D eigenvalue weighted by molar-refractivity contribution is 5.90. The minimum atomic E-state index is -4.43. The minimum absolute atomic E-state index is 0.00901. The Kier molecular flexibility index (Phi) is 5.43. The molecule has 9 heteroatoms. The maximum absolute atomic E-state index is 13.6. The number of nitrogens with one attached hydrogen (secondary N) is 1. The zero-order valence-electron chi connectivity index (χ0n) is 14.7. The first-order valence-electron chi connectivity index (χ1n) is 8.28. The highest BCUT2D eigenvalue weighted by Crippen LogP contribution is 2.29. The molecule has 3 rings (SSSR count). The first-order chi connectivity index (χ1) is 13.2. The van der Waals surface area contributed by atoms with Crippen LogP contribution in [0, 0.1) is 12.7 Å². The van der Waals surface area contributed by atoms with Gasteiger partial charge < -0.3 is 9.84 Å². The summed E-state index contributed by atoms with van der Waals surface area (Å²) in [5, 5.41) is 6.26. The summed E-state index contributed by atoms with van der Waals surface area (Å²) >= 11 is 0. The molecule has 0 bridgehead atoms. The molecule has 0 unspecified atom stereocenters. The fourth-order valence-electron chi connectivity index (χ4n) is 2.39. The zero-order valence-corrected chi connectivity index (χ0v) is 14.7. The Balaban J connectivity index is 1.56. The molecule has 28 heavy (non-hydrogen) atoms. The van der Waals surface area contributed by atoms with Crippen molar-refractivity contribution in [3.05, 3.63) is 65.3 Å². The minimum Gasteiger partial charge on any atom is -0.339 e. The zero-order chi connectivity index (χ0) is 20.3. The fraction of sp³-hybridized carbons (Fsp3) is 0.211. The number of aromatic nitrogens is 2. The summed E-state index contributed by atoms with van der Waals surface area (Å²) in [7, 11) is 0. The lowest BCUT2D eigenvalue weighted by Crippen LogP contribution is -2.13. The molecular formula is C19H15F4N3O2. The van der Waals surface area contributed by atoms with Gasteiger partial charge in [0.05, 0.1) is 5.56 Å². The van der Waals surface area contributed by atoms with Crippen LogP contribution < -0.4 is 5.32 Å². The van der Waals surface area contributed by atoms with Crippen LogP contribution in [0.15, 0.2) is 47.0 Å². The number of halogens is 4. The Morgan fingerprint density at radius 1 is 1.14 bits per heavy atom. The summed E-state index contributed by atoms with van der Waals surface area (Å²) in [6, 6.07) is 8.68. The van der Waals surface area contributed by atoms with Gasteiger partial charge in [-0.3, -0.25) is 4.79 Å². The molecule has 0 aliphatic rings. The smallest absolute Gasteiger partial charge is 0.339 e. The van der Waals surface area contributed by atoms with E-state index in [9.17, 15) is 22.4 Å². The van der Waals surface area contributed by atoms with Crippen LogP contribution in [-0.4, -0.2) is 16.0 Å². The van der Waals surface area contributed by atoms with Crippen LogP contribution in [0.5, 0.6) is 0 Å². The Labute approximate surface area is 157 Å². The molecule has 5 nitrogen and oxygen atoms in total. The van der Waals surface area contributed by atoms with Crippen molar-refractivity contribution in [2.45, 2.75) is 25.9 Å². The van der Waals surface area contributed by atoms with Crippen LogP contribution in [0.4, 0.5) is 23.2 Å². The van der Waals surface area contributed by atoms with Crippen molar-refractivity contribution in [1.29, 1.82) is 0 Å². The van der Waals surface area contributed by atoms with Gasteiger partial charge in [-0.2, -0.15) is 18.2 Å². The molecular weight excluding hydrogens is 378 g/mol. The van der Waals surface area contributed by atoms with Crippen LogP contribution in [0.3, 0.4) is 0 Å². The molecule has 1 aromatic heterocycles. The fourth-order valence-corrected chi connectivity index (χ4v) is 2.39. The van der Waals surface area contributed by atoms with Gasteiger partial charge in [-0.25, -0.2) is 4.39 Å². The molecule has 0 saturated carbocycles. The van der Waals surface area contributed by atoms with E-state index in [1.165, 1.54) is 18.2 Å². The van der Waals surface area contributed by atoms with Crippen molar-refractivity contribution >= 4 is 11.6 Å². The number of carbonyl (C=O) groups excluding carboxylic acids is 1. The summed E-state index contributed by atoms with van der Waals surface area (Å²) in [6.07, 6.45) is -4.31. The summed E-state index contributed by atoms with van der Waals surface area (Å²) in [6.45, 7) is 1.63. The van der Waals surface area contributed by atoms with E-state index in [1.54, 1.807) is 19.1 Å². The lowest BCUT2D eigenvalue weighted by Gasteiger charge is -2.08. The third-order valence-corrected chi connectivity index (χ3v) is 3.96. The van der Waals surface area contributed by atoms with E-state index in [4.69, 9.17) is 4.52 Å². The van der Waals surface area contributed by atoms with Crippen LogP contribution in [0.2, 0.25) is 0 Å². The number of carbonyl (C=O) groups is 1. The van der Waals surface area contributed by atoms with Crippen LogP contribution in [0.1, 0.15) is 23.4 Å². The van der Waals surface area contributed by atoms with Crippen LogP contribution >= 0.6 is 0 Å². The monoisotopic (exact) mass is 393 g/mol. The molecule has 1 N–H and O–H groups in total. The Bertz CT molecular complexity index is 982. The van der Waals surface area contributed by atoms with Crippen molar-refractivity contribution in [1.82, 2.24) is 10.1 Å². The second kappa shape index (κ2) is 7.79. The summed E-state index contributed by atoms with van der Waals surface area (Å²) in [5.74, 6) is -0.406. The SMILES string of the molecule is Cc1ccc(-c2noc(CCC(=O)Nc3ccc(C(F)(F)F)cc3)n2)cc1F. The van der Waals surface area contributed by atoms with Gasteiger partial charge in [0.1, 0.15) is 5.82 Å². The highest BCUT2D eigenvalue weighted by Gasteiger charge is 2.30. The third-order valence-electron chi connectivity index (χ3n) is 3.96. The van der Waals surface area contributed by atoms with E-state index in [1.807, 2.05) is 0 Å². The third kappa shape index (κ3) is 4.73. The van der Waals surface area contributed by atoms with Gasteiger partial charge in [-0.15, -0.1) is 0 Å². The molecule has 0 saturated heterocycles. The average Bonchev–Trinajstić information content (AvgIpc) is 3.11. The van der Waals surface area contributed by atoms with Crippen LogP contribution in [0.25, 0.3) is 11.4 Å². The number of hydrogen-bond donors (Lipinski definition) is 1. The molecule has 0 fully saturated rings. The van der Waals surface area contributed by atoms with Crippen molar-refractivity contribution < 1.29 is 26.9 Å². The number of benzene rings is 2. The van der Waals surface area contributed by atoms with E-state index in [0.717, 1.165) is 12.1 Å². The summed E-state index contributed by atoms with van der Waals surface area (Å²) in [4.78, 5) is 16.1. The van der Waals surface area contributed by atoms with Gasteiger partial charge in [-0.05, 0) is 42.8 Å². The van der Waals surface area contributed by atoms with Gasteiger partial charge in [0.25, 0.3) is 0 Å². The summed E-state index contributed by atoms with van der Waals surface area (Å²) in [5.41, 5.74) is 0.399. The molecule has 3 aromatic rings. The van der Waals surface area contributed by atoms with Gasteiger partial charge in [0.2, 0.25) is 17.6 Å². The topological polar surface area (TPSA) is 68.0 Å². The largest absolute Gasteiger partial charge is 0.416 e. The van der Waals surface area contributed by atoms with Crippen molar-refractivity contribution in [2.75, 3.05) is 5.32 Å². The van der Waals surface area contributed by atoms with E-state index >= 15 is 0 Å². The van der Waals surface area contributed by atoms with Gasteiger partial charge in [0, 0.05) is 24.1 Å². The number of amides is 1. The molecule has 2 aromatic carbocycles. The maximum atomic E-state index is 13.6. The van der Waals surface area contributed by atoms with Crippen molar-refractivity contribution in [3.63, 3.8) is 0 Å². The molecule has 1 amide bonds. The maximum Gasteiger partial charge on any atom is 0.416 e. The molecule has 0 radical (unpaired) electrons. The lowest BCUT2D eigenvalue weighted by molar-refractivity contribution is -0.137. The Morgan fingerprint density at radius 3 is 2.50 bits per heavy atom. The lowest BCUT2D eigenvalue weighted by atomic mass is 10.1.